The van der Waals surface area contributed by atoms with Crippen molar-refractivity contribution in [3.63, 3.8) is 0 Å². The molecule has 0 aliphatic heterocycles. The molecule has 0 spiro atoms. The van der Waals surface area contributed by atoms with E-state index >= 15 is 0 Å². The van der Waals surface area contributed by atoms with Crippen molar-refractivity contribution in [1.82, 2.24) is 19.9 Å². The van der Waals surface area contributed by atoms with Gasteiger partial charge in [-0.15, -0.1) is 0 Å². The number of hydrogen-bond acceptors (Lipinski definition) is 16. The Bertz CT molecular complexity index is 3750. The Morgan fingerprint density at radius 2 is 0.363 bits per heavy atom. The molecule has 102 heavy (non-hydrogen) atoms. The number of aromatic nitrogens is 4. The van der Waals surface area contributed by atoms with Gasteiger partial charge in [0.25, 0.3) is 0 Å². The van der Waals surface area contributed by atoms with Gasteiger partial charge in [-0.1, -0.05) is 272 Å². The Balaban J connectivity index is 0.000000303. The zero-order valence-electron chi connectivity index (χ0n) is 58.0. The topological polar surface area (TPSA) is 292 Å². The predicted molar refractivity (Wildman–Crippen MR) is 381 cm³/mol. The van der Waals surface area contributed by atoms with Gasteiger partial charge in [-0.3, -0.25) is 19.9 Å². The summed E-state index contributed by atoms with van der Waals surface area (Å²) in [6.45, 7) is 11.0. The molecule has 12 aromatic rings. The van der Waals surface area contributed by atoms with Gasteiger partial charge in [-0.05, 0) is 96.2 Å². The molecule has 6 atom stereocenters. The van der Waals surface area contributed by atoms with E-state index in [4.69, 9.17) is 0 Å². The number of carbonyl (C=O) groups is 6. The van der Waals surface area contributed by atoms with E-state index in [9.17, 15) is 59.4 Å². The van der Waals surface area contributed by atoms with E-state index in [1.807, 2.05) is 248 Å². The molecule has 0 fully saturated rings. The second-order valence-electron chi connectivity index (χ2n) is 22.6. The van der Waals surface area contributed by atoms with Crippen LogP contribution in [0.4, 0.5) is 0 Å². The van der Waals surface area contributed by atoms with Gasteiger partial charge in [-0.2, -0.15) is 0 Å². The van der Waals surface area contributed by atoms with E-state index in [1.54, 1.807) is 24.8 Å². The maximum Gasteiger partial charge on any atom is 3.00 e. The van der Waals surface area contributed by atoms with Gasteiger partial charge >= 0.3 is 83.5 Å². The van der Waals surface area contributed by atoms with Gasteiger partial charge in [0.1, 0.15) is 0 Å². The van der Waals surface area contributed by atoms with Crippen molar-refractivity contribution < 1.29 is 143 Å². The molecule has 4 aromatic heterocycles. The van der Waals surface area contributed by atoms with Crippen LogP contribution in [0.25, 0.3) is 43.6 Å². The van der Waals surface area contributed by atoms with Crippen molar-refractivity contribution >= 4 is 79.4 Å². The number of hydrogen-bond donors (Lipinski definition) is 0. The molecular formula is C84H82Ce2N4O12. The summed E-state index contributed by atoms with van der Waals surface area (Å²) < 4.78 is 0. The minimum Gasteiger partial charge on any atom is -0.549 e. The number of pyridine rings is 4. The number of fused-ring (bicyclic) bond motifs is 6. The zero-order valence-corrected chi connectivity index (χ0v) is 64.2. The van der Waals surface area contributed by atoms with Crippen molar-refractivity contribution in [3.8, 4) is 0 Å². The summed E-state index contributed by atoms with van der Waals surface area (Å²) in [7, 11) is 0. The molecule has 0 amide bonds. The zero-order chi connectivity index (χ0) is 72.6. The van der Waals surface area contributed by atoms with Crippen LogP contribution < -0.4 is 30.6 Å². The molecule has 4 heterocycles. The molecule has 0 unspecified atom stereocenters. The molecule has 18 heteroatoms. The van der Waals surface area contributed by atoms with Crippen LogP contribution in [0.15, 0.2) is 280 Å². The number of rotatable bonds is 18. The third-order valence-corrected chi connectivity index (χ3v) is 16.1. The second-order valence-corrected chi connectivity index (χ2v) is 22.6. The van der Waals surface area contributed by atoms with Gasteiger partial charge in [-0.25, -0.2) is 0 Å². The fourth-order valence-corrected chi connectivity index (χ4v) is 10.7. The molecule has 0 saturated carbocycles. The average Bonchev–Trinajstić information content (AvgIpc) is 0.803. The number of carbonyl (C=O) groups excluding carboxylic acids is 6. The average molecular weight is 1620 g/mol. The van der Waals surface area contributed by atoms with E-state index in [0.29, 0.717) is 38.5 Å². The summed E-state index contributed by atoms with van der Waals surface area (Å²) in [6.07, 6.45) is 10.7. The summed E-state index contributed by atoms with van der Waals surface area (Å²) in [6, 6.07) is 79.2. The number of carboxylic acids is 6. The molecule has 16 nitrogen and oxygen atoms in total. The number of benzene rings is 8. The molecule has 12 rings (SSSR count). The van der Waals surface area contributed by atoms with Gasteiger partial charge in [0, 0.05) is 118 Å². The Kier molecular flexibility index (Phi) is 41.7. The van der Waals surface area contributed by atoms with Crippen LogP contribution >= 0.6 is 0 Å². The first kappa shape index (κ1) is 87.2. The van der Waals surface area contributed by atoms with E-state index in [-0.39, 0.29) is 83.5 Å². The van der Waals surface area contributed by atoms with Crippen molar-refractivity contribution in [2.75, 3.05) is 0 Å². The van der Waals surface area contributed by atoms with Crippen LogP contribution in [0.2, 0.25) is 0 Å². The Hall–Kier alpha value is -9.03. The SMILES string of the molecule is CC[C@@H](C(=O)[O-])c1ccccc1.CC[C@@H](C(=O)[O-])c1ccccc1.CC[C@@H](C(=O)[O-])c1ccccc1.CC[C@@H](C(=O)[O-])c1ccccc1.CC[C@@H](C(=O)[O-])c1ccccc1.CC[C@@H](C(=O)[O-])c1ccccc1.[Ce+3].[Ce+3].c1cnc2c(c1)ccc1cccnc12.c1cnc2c(c1)ccc1cccnc12. The predicted octanol–water partition coefficient (Wildman–Crippen LogP) is 11.1. The number of carboxylic acid groups (broad SMARTS) is 6. The van der Waals surface area contributed by atoms with Gasteiger partial charge in [0.15, 0.2) is 0 Å². The number of aliphatic carboxylic acids is 6. The minimum absolute atomic E-state index is 0. The smallest absolute Gasteiger partial charge is 0.549 e. The van der Waals surface area contributed by atoms with Crippen molar-refractivity contribution in [2.45, 2.75) is 116 Å². The van der Waals surface area contributed by atoms with Gasteiger partial charge in [0.2, 0.25) is 0 Å². The Morgan fingerprint density at radius 1 is 0.225 bits per heavy atom. The minimum atomic E-state index is -0.997. The summed E-state index contributed by atoms with van der Waals surface area (Å²) in [5.74, 6) is -8.78. The third-order valence-electron chi connectivity index (χ3n) is 16.1. The number of nitrogens with zero attached hydrogens (tertiary/aromatic N) is 4. The quantitative estimate of drug-likeness (QED) is 0.0721. The molecule has 0 saturated heterocycles. The standard InChI is InChI=1S/2C12H8N2.6C10H12O2.2Ce/c2*1-3-9-5-6-10-4-2-8-14-12(10)11(9)13-7-1;6*1-2-9(10(11)12)8-6-4-3-5-7-8;;/h2*1-8H;6*3-7,9H,2H2,1H3,(H,11,12);;/q;;;;;;;;2*+3/p-6/t;;6*9-;;/m..111111../s1. The first-order chi connectivity index (χ1) is 48.4. The molecule has 8 aromatic carbocycles. The van der Waals surface area contributed by atoms with E-state index in [0.717, 1.165) is 77.0 Å². The molecule has 0 aliphatic rings. The van der Waals surface area contributed by atoms with Crippen LogP contribution in [0.1, 0.15) is 149 Å². The van der Waals surface area contributed by atoms with E-state index in [1.165, 1.54) is 0 Å². The fourth-order valence-electron chi connectivity index (χ4n) is 10.7. The Labute approximate surface area is 664 Å². The van der Waals surface area contributed by atoms with Gasteiger partial charge < -0.3 is 59.4 Å². The van der Waals surface area contributed by atoms with Gasteiger partial charge in [0.05, 0.1) is 22.1 Å². The summed E-state index contributed by atoms with van der Waals surface area (Å²) >= 11 is 0. The van der Waals surface area contributed by atoms with Crippen LogP contribution in [0.5, 0.6) is 0 Å². The molecular weight excluding hydrogens is 1540 g/mol. The molecule has 0 N–H and O–H groups in total. The molecule has 0 bridgehead atoms. The Morgan fingerprint density at radius 3 is 0.480 bits per heavy atom. The molecule has 0 aliphatic carbocycles. The van der Waals surface area contributed by atoms with Crippen LogP contribution in [0.3, 0.4) is 0 Å². The maximum atomic E-state index is 10.6. The van der Waals surface area contributed by atoms with Crippen LogP contribution in [0, 0.1) is 83.5 Å². The monoisotopic (exact) mass is 1620 g/mol. The maximum absolute atomic E-state index is 10.6. The van der Waals surface area contributed by atoms with Crippen molar-refractivity contribution in [2.24, 2.45) is 0 Å². The molecule has 518 valence electrons. The second kappa shape index (κ2) is 48.7. The van der Waals surface area contributed by atoms with Crippen LogP contribution in [-0.2, 0) is 28.8 Å². The normalized spacial score (nSPS) is 11.7. The van der Waals surface area contributed by atoms with Crippen molar-refractivity contribution in [1.29, 1.82) is 0 Å². The summed E-state index contributed by atoms with van der Waals surface area (Å²) in [4.78, 5) is 81.1. The fraction of sp³-hybridized carbons (Fsp3) is 0.214. The summed E-state index contributed by atoms with van der Waals surface area (Å²) in [5, 5.41) is 68.3. The largest absolute Gasteiger partial charge is 3.00 e. The third kappa shape index (κ3) is 28.4. The van der Waals surface area contributed by atoms with Crippen LogP contribution in [-0.4, -0.2) is 55.8 Å². The van der Waals surface area contributed by atoms with E-state index in [2.05, 4.69) is 68.5 Å². The van der Waals surface area contributed by atoms with E-state index < -0.39 is 71.3 Å². The summed E-state index contributed by atoms with van der Waals surface area (Å²) in [5.41, 5.74) is 8.83. The van der Waals surface area contributed by atoms with Crippen molar-refractivity contribution in [3.05, 3.63) is 313 Å². The molecule has 2 radical (unpaired) electrons. The first-order valence-electron chi connectivity index (χ1n) is 33.1. The first-order valence-corrected chi connectivity index (χ1v) is 33.1.